The molecule has 1 rings (SSSR count). The highest BCUT2D eigenvalue weighted by Gasteiger charge is 2.15. The van der Waals surface area contributed by atoms with Crippen molar-refractivity contribution in [1.29, 1.82) is 0 Å². The number of amides is 1. The van der Waals surface area contributed by atoms with Gasteiger partial charge in [-0.15, -0.1) is 11.3 Å². The quantitative estimate of drug-likeness (QED) is 0.501. The molecule has 0 aliphatic carbocycles. The topological polar surface area (TPSA) is 67.4 Å². The lowest BCUT2D eigenvalue weighted by molar-refractivity contribution is -0.121. The molecule has 0 atom stereocenters. The van der Waals surface area contributed by atoms with Crippen molar-refractivity contribution >= 4 is 46.2 Å². The van der Waals surface area contributed by atoms with Crippen LogP contribution in [0.25, 0.3) is 0 Å². The third kappa shape index (κ3) is 7.24. The number of methoxy groups -OCH3 is 1. The number of hydrogen-bond donors (Lipinski definition) is 2. The number of ketones is 1. The summed E-state index contributed by atoms with van der Waals surface area (Å²) in [6, 6.07) is 1.54. The molecule has 5 nitrogen and oxygen atoms in total. The van der Waals surface area contributed by atoms with Crippen LogP contribution in [-0.2, 0) is 9.53 Å². The van der Waals surface area contributed by atoms with Gasteiger partial charge in [-0.2, -0.15) is 0 Å². The predicted molar refractivity (Wildman–Crippen MR) is 85.7 cm³/mol. The summed E-state index contributed by atoms with van der Waals surface area (Å²) in [6.07, 6.45) is 0.260. The molecule has 0 saturated heterocycles. The minimum Gasteiger partial charge on any atom is -0.383 e. The Kier molecular flexibility index (Phi) is 8.87. The Bertz CT molecular complexity index is 480. The summed E-state index contributed by atoms with van der Waals surface area (Å²) in [6.45, 7) is 2.55. The first kappa shape index (κ1) is 18.4. The van der Waals surface area contributed by atoms with Crippen LogP contribution in [0, 0.1) is 0 Å². The van der Waals surface area contributed by atoms with Gasteiger partial charge in [0.1, 0.15) is 4.34 Å². The van der Waals surface area contributed by atoms with E-state index >= 15 is 0 Å². The molecule has 2 N–H and O–H groups in total. The molecule has 0 aliphatic rings. The molecule has 0 aliphatic heterocycles. The fourth-order valence-corrected chi connectivity index (χ4v) is 3.07. The zero-order chi connectivity index (χ0) is 15.7. The van der Waals surface area contributed by atoms with Gasteiger partial charge in [0, 0.05) is 45.1 Å². The molecular weight excluding hydrogens is 335 g/mol. The van der Waals surface area contributed by atoms with Gasteiger partial charge in [0.25, 0.3) is 0 Å². The van der Waals surface area contributed by atoms with Gasteiger partial charge >= 0.3 is 0 Å². The maximum Gasteiger partial charge on any atom is 0.220 e. The van der Waals surface area contributed by atoms with Gasteiger partial charge in [0.05, 0.1) is 10.9 Å². The third-order valence-corrected chi connectivity index (χ3v) is 4.13. The molecule has 0 saturated carbocycles. The lowest BCUT2D eigenvalue weighted by atomic mass is 10.1. The van der Waals surface area contributed by atoms with E-state index in [4.69, 9.17) is 27.9 Å². The predicted octanol–water partition coefficient (Wildman–Crippen LogP) is 2.37. The Labute approximate surface area is 137 Å². The van der Waals surface area contributed by atoms with Crippen LogP contribution < -0.4 is 10.6 Å². The number of carbonyl (C=O) groups excluding carboxylic acids is 2. The van der Waals surface area contributed by atoms with Crippen molar-refractivity contribution < 1.29 is 14.3 Å². The number of nitrogens with one attached hydrogen (secondary N) is 2. The van der Waals surface area contributed by atoms with Gasteiger partial charge in [0.15, 0.2) is 5.78 Å². The zero-order valence-electron chi connectivity index (χ0n) is 11.7. The molecule has 1 amide bonds. The van der Waals surface area contributed by atoms with Crippen LogP contribution in [0.4, 0.5) is 0 Å². The average molecular weight is 353 g/mol. The Hall–Kier alpha value is -0.660. The van der Waals surface area contributed by atoms with Crippen LogP contribution >= 0.6 is 34.5 Å². The zero-order valence-corrected chi connectivity index (χ0v) is 14.0. The molecule has 21 heavy (non-hydrogen) atoms. The fraction of sp³-hybridized carbons (Fsp3) is 0.538. The Morgan fingerprint density at radius 1 is 1.24 bits per heavy atom. The SMILES string of the molecule is COCCNCCNC(=O)CCC(=O)c1cc(Cl)sc1Cl. The highest BCUT2D eigenvalue weighted by molar-refractivity contribution is 7.20. The van der Waals surface area contributed by atoms with Gasteiger partial charge in [-0.25, -0.2) is 0 Å². The molecule has 8 heteroatoms. The van der Waals surface area contributed by atoms with E-state index in [0.29, 0.717) is 33.9 Å². The maximum absolute atomic E-state index is 11.9. The monoisotopic (exact) mass is 352 g/mol. The minimum absolute atomic E-state index is 0.121. The number of ether oxygens (including phenoxy) is 1. The van der Waals surface area contributed by atoms with Crippen molar-refractivity contribution in [2.24, 2.45) is 0 Å². The van der Waals surface area contributed by atoms with E-state index in [0.717, 1.165) is 17.9 Å². The second-order valence-corrected chi connectivity index (χ2v) is 6.54. The highest BCUT2D eigenvalue weighted by Crippen LogP contribution is 2.31. The first-order chi connectivity index (χ1) is 10.0. The second-order valence-electron chi connectivity index (χ2n) is 4.25. The fourth-order valence-electron chi connectivity index (χ4n) is 1.57. The summed E-state index contributed by atoms with van der Waals surface area (Å²) in [4.78, 5) is 23.5. The summed E-state index contributed by atoms with van der Waals surface area (Å²) < 4.78 is 5.72. The molecule has 0 radical (unpaired) electrons. The van der Waals surface area contributed by atoms with Gasteiger partial charge in [0.2, 0.25) is 5.91 Å². The van der Waals surface area contributed by atoms with Crippen LogP contribution in [0.2, 0.25) is 8.67 Å². The maximum atomic E-state index is 11.9. The van der Waals surface area contributed by atoms with Crippen LogP contribution in [-0.4, -0.2) is 45.0 Å². The van der Waals surface area contributed by atoms with Crippen LogP contribution in [0.5, 0.6) is 0 Å². The van der Waals surface area contributed by atoms with E-state index in [1.165, 1.54) is 6.07 Å². The lowest BCUT2D eigenvalue weighted by Crippen LogP contribution is -2.33. The first-order valence-electron chi connectivity index (χ1n) is 6.49. The summed E-state index contributed by atoms with van der Waals surface area (Å²) >= 11 is 12.8. The summed E-state index contributed by atoms with van der Waals surface area (Å²) in [7, 11) is 1.63. The molecule has 0 aromatic carbocycles. The number of halogens is 2. The average Bonchev–Trinajstić information content (AvgIpc) is 2.79. The van der Waals surface area contributed by atoms with Gasteiger partial charge < -0.3 is 15.4 Å². The van der Waals surface area contributed by atoms with E-state index in [1.807, 2.05) is 0 Å². The number of carbonyl (C=O) groups is 2. The van der Waals surface area contributed by atoms with E-state index in [-0.39, 0.29) is 24.5 Å². The minimum atomic E-state index is -0.170. The van der Waals surface area contributed by atoms with Crippen molar-refractivity contribution in [3.8, 4) is 0 Å². The summed E-state index contributed by atoms with van der Waals surface area (Å²) in [5, 5.41) is 5.84. The number of thiophene rings is 1. The Balaban J connectivity index is 2.18. The van der Waals surface area contributed by atoms with Crippen LogP contribution in [0.3, 0.4) is 0 Å². The van der Waals surface area contributed by atoms with E-state index in [9.17, 15) is 9.59 Å². The van der Waals surface area contributed by atoms with Crippen molar-refractivity contribution in [2.75, 3.05) is 33.4 Å². The first-order valence-corrected chi connectivity index (χ1v) is 8.06. The molecule has 0 unspecified atom stereocenters. The lowest BCUT2D eigenvalue weighted by Gasteiger charge is -2.06. The molecule has 1 heterocycles. The normalized spacial score (nSPS) is 10.6. The van der Waals surface area contributed by atoms with E-state index in [1.54, 1.807) is 7.11 Å². The van der Waals surface area contributed by atoms with E-state index in [2.05, 4.69) is 10.6 Å². The van der Waals surface area contributed by atoms with Crippen LogP contribution in [0.15, 0.2) is 6.07 Å². The smallest absolute Gasteiger partial charge is 0.220 e. The van der Waals surface area contributed by atoms with Crippen molar-refractivity contribution in [1.82, 2.24) is 10.6 Å². The van der Waals surface area contributed by atoms with Gasteiger partial charge in [-0.3, -0.25) is 9.59 Å². The molecule has 118 valence electrons. The van der Waals surface area contributed by atoms with Crippen molar-refractivity contribution in [3.05, 3.63) is 20.3 Å². The van der Waals surface area contributed by atoms with Gasteiger partial charge in [-0.1, -0.05) is 23.2 Å². The molecular formula is C13H18Cl2N2O3S. The Morgan fingerprint density at radius 2 is 2.00 bits per heavy atom. The van der Waals surface area contributed by atoms with E-state index < -0.39 is 0 Å². The van der Waals surface area contributed by atoms with Crippen molar-refractivity contribution in [2.45, 2.75) is 12.8 Å². The summed E-state index contributed by atoms with van der Waals surface area (Å²) in [5.41, 5.74) is 0.390. The van der Waals surface area contributed by atoms with Gasteiger partial charge in [-0.05, 0) is 6.07 Å². The van der Waals surface area contributed by atoms with Crippen molar-refractivity contribution in [3.63, 3.8) is 0 Å². The third-order valence-electron chi connectivity index (χ3n) is 2.64. The Morgan fingerprint density at radius 3 is 2.62 bits per heavy atom. The van der Waals surface area contributed by atoms with Crippen LogP contribution in [0.1, 0.15) is 23.2 Å². The largest absolute Gasteiger partial charge is 0.383 e. The number of Topliss-reactive ketones (excluding diaryl/α,β-unsaturated/α-hetero) is 1. The molecule has 0 spiro atoms. The second kappa shape index (κ2) is 10.1. The molecule has 1 aromatic rings. The number of hydrogen-bond acceptors (Lipinski definition) is 5. The summed E-state index contributed by atoms with van der Waals surface area (Å²) in [5.74, 6) is -0.328. The highest BCUT2D eigenvalue weighted by atomic mass is 35.5. The molecule has 1 aromatic heterocycles. The molecule has 0 fully saturated rings. The molecule has 0 bridgehead atoms. The standard InChI is InChI=1S/C13H18Cl2N2O3S/c1-20-7-6-16-4-5-17-12(19)3-2-10(18)9-8-11(14)21-13(9)15/h8,16H,2-7H2,1H3,(H,17,19). The number of rotatable bonds is 10.